The summed E-state index contributed by atoms with van der Waals surface area (Å²) in [6.07, 6.45) is 4.78. The molecule has 0 spiro atoms. The van der Waals surface area contributed by atoms with Crippen molar-refractivity contribution >= 4 is 0 Å². The van der Waals surface area contributed by atoms with Crippen molar-refractivity contribution in [3.05, 3.63) is 41.9 Å². The van der Waals surface area contributed by atoms with E-state index < -0.39 is 0 Å². The van der Waals surface area contributed by atoms with Crippen LogP contribution in [0, 0.1) is 0 Å². The van der Waals surface area contributed by atoms with Crippen molar-refractivity contribution in [2.45, 2.75) is 19.9 Å². The average Bonchev–Trinajstić information content (AvgIpc) is 2.47. The Kier molecular flexibility index (Phi) is 3.02. The number of hydrogen-bond acceptors (Lipinski definition) is 4. The minimum atomic E-state index is 0.729. The molecule has 0 aromatic carbocycles. The highest BCUT2D eigenvalue weighted by Gasteiger charge is 2.17. The fourth-order valence-corrected chi connectivity index (χ4v) is 2.25. The van der Waals surface area contributed by atoms with E-state index in [1.54, 1.807) is 6.20 Å². The molecule has 0 saturated heterocycles. The molecule has 0 radical (unpaired) electrons. The number of pyridine rings is 1. The van der Waals surface area contributed by atoms with Crippen LogP contribution in [-0.2, 0) is 13.0 Å². The summed E-state index contributed by atoms with van der Waals surface area (Å²) in [5.74, 6) is 0.729. The highest BCUT2D eigenvalue weighted by atomic mass is 15.1. The standard InChI is InChI=1S/C14H16N4/c1-2-18-8-6-11-9-16-14(17-13(11)10-18)12-5-3-4-7-15-12/h3-5,7,9H,2,6,8,10H2,1H3. The molecule has 0 fully saturated rings. The summed E-state index contributed by atoms with van der Waals surface area (Å²) < 4.78 is 0. The van der Waals surface area contributed by atoms with Crippen LogP contribution in [0.2, 0.25) is 0 Å². The van der Waals surface area contributed by atoms with Gasteiger partial charge in [-0.25, -0.2) is 9.97 Å². The van der Waals surface area contributed by atoms with Gasteiger partial charge in [-0.3, -0.25) is 9.88 Å². The quantitative estimate of drug-likeness (QED) is 0.804. The van der Waals surface area contributed by atoms with Gasteiger partial charge in [0.15, 0.2) is 5.82 Å². The predicted octanol–water partition coefficient (Wildman–Crippen LogP) is 1.92. The van der Waals surface area contributed by atoms with E-state index in [4.69, 9.17) is 0 Å². The molecular weight excluding hydrogens is 224 g/mol. The van der Waals surface area contributed by atoms with Gasteiger partial charge in [0.2, 0.25) is 0 Å². The van der Waals surface area contributed by atoms with Gasteiger partial charge in [-0.2, -0.15) is 0 Å². The van der Waals surface area contributed by atoms with E-state index in [-0.39, 0.29) is 0 Å². The lowest BCUT2D eigenvalue weighted by atomic mass is 10.1. The average molecular weight is 240 g/mol. The maximum Gasteiger partial charge on any atom is 0.178 e. The Bertz CT molecular complexity index is 539. The van der Waals surface area contributed by atoms with Crippen LogP contribution in [0.15, 0.2) is 30.6 Å². The first-order valence-corrected chi connectivity index (χ1v) is 6.35. The Balaban J connectivity index is 1.96. The first-order chi connectivity index (χ1) is 8.86. The highest BCUT2D eigenvalue weighted by Crippen LogP contribution is 2.19. The third kappa shape index (κ3) is 2.11. The van der Waals surface area contributed by atoms with Crippen LogP contribution in [0.1, 0.15) is 18.2 Å². The van der Waals surface area contributed by atoms with E-state index in [2.05, 4.69) is 26.8 Å². The van der Waals surface area contributed by atoms with E-state index >= 15 is 0 Å². The fraction of sp³-hybridized carbons (Fsp3) is 0.357. The molecule has 1 aliphatic heterocycles. The lowest BCUT2D eigenvalue weighted by molar-refractivity contribution is 0.263. The summed E-state index contributed by atoms with van der Waals surface area (Å²) in [5, 5.41) is 0. The van der Waals surface area contributed by atoms with E-state index in [0.29, 0.717) is 0 Å². The Morgan fingerprint density at radius 1 is 1.28 bits per heavy atom. The summed E-state index contributed by atoms with van der Waals surface area (Å²) in [6, 6.07) is 5.81. The summed E-state index contributed by atoms with van der Waals surface area (Å²) in [4.78, 5) is 15.8. The number of aromatic nitrogens is 3. The number of nitrogens with zero attached hydrogens (tertiary/aromatic N) is 4. The zero-order valence-corrected chi connectivity index (χ0v) is 10.5. The topological polar surface area (TPSA) is 41.9 Å². The molecule has 1 aliphatic rings. The molecular formula is C14H16N4. The Labute approximate surface area is 107 Å². The van der Waals surface area contributed by atoms with Crippen molar-refractivity contribution in [3.8, 4) is 11.5 Å². The molecule has 3 heterocycles. The molecule has 0 N–H and O–H groups in total. The maximum absolute atomic E-state index is 4.67. The molecule has 0 unspecified atom stereocenters. The van der Waals surface area contributed by atoms with Crippen LogP contribution < -0.4 is 0 Å². The number of rotatable bonds is 2. The van der Waals surface area contributed by atoms with Gasteiger partial charge >= 0.3 is 0 Å². The minimum Gasteiger partial charge on any atom is -0.297 e. The van der Waals surface area contributed by atoms with Crippen molar-refractivity contribution in [3.63, 3.8) is 0 Å². The van der Waals surface area contributed by atoms with Crippen LogP contribution in [-0.4, -0.2) is 32.9 Å². The SMILES string of the molecule is CCN1CCc2cnc(-c3ccccn3)nc2C1. The lowest BCUT2D eigenvalue weighted by Gasteiger charge is -2.26. The Hall–Kier alpha value is -1.81. The smallest absolute Gasteiger partial charge is 0.178 e. The molecule has 0 amide bonds. The van der Waals surface area contributed by atoms with Crippen LogP contribution in [0.5, 0.6) is 0 Å². The molecule has 4 heteroatoms. The van der Waals surface area contributed by atoms with Crippen molar-refractivity contribution in [1.29, 1.82) is 0 Å². The van der Waals surface area contributed by atoms with Gasteiger partial charge in [0.25, 0.3) is 0 Å². The second kappa shape index (κ2) is 4.82. The van der Waals surface area contributed by atoms with Crippen LogP contribution in [0.3, 0.4) is 0 Å². The first-order valence-electron chi connectivity index (χ1n) is 6.35. The van der Waals surface area contributed by atoms with Crippen molar-refractivity contribution in [2.24, 2.45) is 0 Å². The van der Waals surface area contributed by atoms with E-state index in [1.165, 1.54) is 5.56 Å². The third-order valence-corrected chi connectivity index (χ3v) is 3.37. The lowest BCUT2D eigenvalue weighted by Crippen LogP contribution is -2.31. The van der Waals surface area contributed by atoms with Gasteiger partial charge in [-0.15, -0.1) is 0 Å². The second-order valence-corrected chi connectivity index (χ2v) is 4.50. The zero-order chi connectivity index (χ0) is 12.4. The third-order valence-electron chi connectivity index (χ3n) is 3.37. The van der Waals surface area contributed by atoms with Crippen molar-refractivity contribution in [2.75, 3.05) is 13.1 Å². The Morgan fingerprint density at radius 3 is 3.00 bits per heavy atom. The number of likely N-dealkylation sites (N-methyl/N-ethyl adjacent to an activating group) is 1. The maximum atomic E-state index is 4.67. The largest absolute Gasteiger partial charge is 0.297 e. The number of hydrogen-bond donors (Lipinski definition) is 0. The molecule has 3 rings (SSSR count). The summed E-state index contributed by atoms with van der Waals surface area (Å²) in [5.41, 5.74) is 3.27. The molecule has 18 heavy (non-hydrogen) atoms. The van der Waals surface area contributed by atoms with Gasteiger partial charge < -0.3 is 0 Å². The Morgan fingerprint density at radius 2 is 2.22 bits per heavy atom. The van der Waals surface area contributed by atoms with Gasteiger partial charge in [0.1, 0.15) is 5.69 Å². The van der Waals surface area contributed by atoms with Crippen LogP contribution in [0.4, 0.5) is 0 Å². The molecule has 0 aliphatic carbocycles. The van der Waals surface area contributed by atoms with Crippen LogP contribution in [0.25, 0.3) is 11.5 Å². The molecule has 2 aromatic heterocycles. The summed E-state index contributed by atoms with van der Waals surface area (Å²) in [6.45, 7) is 5.29. The van der Waals surface area contributed by atoms with E-state index in [0.717, 1.165) is 43.3 Å². The van der Waals surface area contributed by atoms with E-state index in [1.807, 2.05) is 24.4 Å². The van der Waals surface area contributed by atoms with Crippen molar-refractivity contribution < 1.29 is 0 Å². The van der Waals surface area contributed by atoms with Crippen molar-refractivity contribution in [1.82, 2.24) is 19.9 Å². The normalized spacial score (nSPS) is 15.4. The predicted molar refractivity (Wildman–Crippen MR) is 69.9 cm³/mol. The first kappa shape index (κ1) is 11.3. The second-order valence-electron chi connectivity index (χ2n) is 4.50. The molecule has 4 nitrogen and oxygen atoms in total. The summed E-state index contributed by atoms with van der Waals surface area (Å²) >= 11 is 0. The zero-order valence-electron chi connectivity index (χ0n) is 10.5. The van der Waals surface area contributed by atoms with Gasteiger partial charge in [0, 0.05) is 25.5 Å². The number of fused-ring (bicyclic) bond motifs is 1. The highest BCUT2D eigenvalue weighted by molar-refractivity contribution is 5.49. The van der Waals surface area contributed by atoms with E-state index in [9.17, 15) is 0 Å². The molecule has 2 aromatic rings. The van der Waals surface area contributed by atoms with Gasteiger partial charge in [-0.05, 0) is 30.7 Å². The molecule has 92 valence electrons. The summed E-state index contributed by atoms with van der Waals surface area (Å²) in [7, 11) is 0. The molecule has 0 saturated carbocycles. The van der Waals surface area contributed by atoms with Gasteiger partial charge in [0.05, 0.1) is 5.69 Å². The van der Waals surface area contributed by atoms with Gasteiger partial charge in [-0.1, -0.05) is 13.0 Å². The van der Waals surface area contributed by atoms with Crippen LogP contribution >= 0.6 is 0 Å². The molecule has 0 bridgehead atoms. The molecule has 0 atom stereocenters. The minimum absolute atomic E-state index is 0.729. The fourth-order valence-electron chi connectivity index (χ4n) is 2.25. The monoisotopic (exact) mass is 240 g/mol.